The van der Waals surface area contributed by atoms with Crippen LogP contribution in [0.1, 0.15) is 6.42 Å². The summed E-state index contributed by atoms with van der Waals surface area (Å²) < 4.78 is 0. The molecule has 0 heteroatoms. The van der Waals surface area contributed by atoms with Crippen LogP contribution in [0.3, 0.4) is 0 Å². The minimum Gasteiger partial charge on any atom is -0.0729 e. The van der Waals surface area contributed by atoms with Crippen LogP contribution in [0.4, 0.5) is 0 Å². The van der Waals surface area contributed by atoms with E-state index in [0.29, 0.717) is 0 Å². The molecule has 0 saturated heterocycles. The van der Waals surface area contributed by atoms with Gasteiger partial charge in [-0.05, 0) is 28.7 Å². The van der Waals surface area contributed by atoms with Crippen molar-refractivity contribution in [1.82, 2.24) is 0 Å². The van der Waals surface area contributed by atoms with Crippen LogP contribution in [0, 0.1) is 11.8 Å². The van der Waals surface area contributed by atoms with E-state index in [1.54, 1.807) is 0 Å². The van der Waals surface area contributed by atoms with Gasteiger partial charge in [0.2, 0.25) is 0 Å². The Labute approximate surface area is 65.9 Å². The second-order valence-electron chi connectivity index (χ2n) is 3.53. The lowest BCUT2D eigenvalue weighted by molar-refractivity contribution is 1.06. The molecule has 0 spiro atoms. The van der Waals surface area contributed by atoms with Crippen LogP contribution in [-0.2, 0) is 0 Å². The predicted molar refractivity (Wildman–Crippen MR) is 46.2 cm³/mol. The monoisotopic (exact) mass is 142 g/mol. The maximum Gasteiger partial charge on any atom is -0.0155 e. The summed E-state index contributed by atoms with van der Waals surface area (Å²) in [5.41, 5.74) is 0. The van der Waals surface area contributed by atoms with E-state index in [2.05, 4.69) is 36.4 Å². The van der Waals surface area contributed by atoms with Crippen LogP contribution in [-0.4, -0.2) is 0 Å². The molecule has 0 N–H and O–H groups in total. The summed E-state index contributed by atoms with van der Waals surface area (Å²) in [6.07, 6.45) is 6.22. The highest BCUT2D eigenvalue weighted by Gasteiger charge is 2.33. The smallest absolute Gasteiger partial charge is 0.0155 e. The van der Waals surface area contributed by atoms with Crippen LogP contribution in [0.15, 0.2) is 24.3 Å². The van der Waals surface area contributed by atoms with Crippen LogP contribution >= 0.6 is 0 Å². The van der Waals surface area contributed by atoms with Gasteiger partial charge in [-0.1, -0.05) is 36.4 Å². The highest BCUT2D eigenvalue weighted by Crippen LogP contribution is 2.41. The molecular formula is C11H10. The van der Waals surface area contributed by atoms with Crippen molar-refractivity contribution in [2.24, 2.45) is 11.8 Å². The molecule has 0 heterocycles. The highest BCUT2D eigenvalue weighted by molar-refractivity contribution is 5.49. The lowest BCUT2D eigenvalue weighted by Crippen LogP contribution is -2.26. The standard InChI is InChI=1S/C11H10/c1-2-4-9-6-11-7-10(11)5-8(9)3-1/h1-6,10-11H,7H2. The van der Waals surface area contributed by atoms with Gasteiger partial charge in [0, 0.05) is 0 Å². The first-order valence-electron chi connectivity index (χ1n) is 4.22. The average Bonchev–Trinajstić information content (AvgIpc) is 2.77. The lowest BCUT2D eigenvalue weighted by Gasteiger charge is -1.96. The molecule has 1 aromatic rings. The fourth-order valence-corrected chi connectivity index (χ4v) is 1.89. The van der Waals surface area contributed by atoms with Crippen LogP contribution < -0.4 is 10.4 Å². The van der Waals surface area contributed by atoms with E-state index < -0.39 is 0 Å². The summed E-state index contributed by atoms with van der Waals surface area (Å²) in [7, 11) is 0. The topological polar surface area (TPSA) is 0 Å². The first-order chi connectivity index (χ1) is 5.43. The van der Waals surface area contributed by atoms with Crippen molar-refractivity contribution in [1.29, 1.82) is 0 Å². The van der Waals surface area contributed by atoms with Crippen molar-refractivity contribution in [3.63, 3.8) is 0 Å². The Balaban J connectivity index is 2.42. The number of rotatable bonds is 0. The minimum atomic E-state index is 0.880. The van der Waals surface area contributed by atoms with E-state index in [-0.39, 0.29) is 0 Å². The molecule has 0 radical (unpaired) electrons. The molecule has 0 bridgehead atoms. The van der Waals surface area contributed by atoms with Gasteiger partial charge in [0.15, 0.2) is 0 Å². The number of hydrogen-bond acceptors (Lipinski definition) is 0. The number of hydrogen-bond donors (Lipinski definition) is 0. The first-order valence-corrected chi connectivity index (χ1v) is 4.22. The van der Waals surface area contributed by atoms with Gasteiger partial charge in [0.05, 0.1) is 0 Å². The van der Waals surface area contributed by atoms with Crippen molar-refractivity contribution in [3.8, 4) is 0 Å². The highest BCUT2D eigenvalue weighted by atomic mass is 14.4. The molecule has 0 amide bonds. The normalized spacial score (nSPS) is 30.9. The third-order valence-corrected chi connectivity index (χ3v) is 2.67. The fraction of sp³-hybridized carbons (Fsp3) is 0.273. The molecule has 1 fully saturated rings. The van der Waals surface area contributed by atoms with Crippen molar-refractivity contribution in [2.45, 2.75) is 6.42 Å². The molecule has 3 rings (SSSR count). The molecule has 1 saturated carbocycles. The van der Waals surface area contributed by atoms with Gasteiger partial charge in [-0.2, -0.15) is 0 Å². The van der Waals surface area contributed by atoms with Gasteiger partial charge in [-0.25, -0.2) is 0 Å². The summed E-state index contributed by atoms with van der Waals surface area (Å²) in [5, 5.41) is 2.87. The number of fused-ring (bicyclic) bond motifs is 2. The Bertz CT molecular complexity index is 361. The van der Waals surface area contributed by atoms with Gasteiger partial charge < -0.3 is 0 Å². The Morgan fingerprint density at radius 1 is 0.909 bits per heavy atom. The second kappa shape index (κ2) is 1.76. The average molecular weight is 142 g/mol. The Morgan fingerprint density at radius 2 is 1.45 bits per heavy atom. The van der Waals surface area contributed by atoms with E-state index in [1.165, 1.54) is 16.9 Å². The molecule has 2 aliphatic rings. The van der Waals surface area contributed by atoms with Gasteiger partial charge in [-0.15, -0.1) is 0 Å². The van der Waals surface area contributed by atoms with E-state index in [9.17, 15) is 0 Å². The third kappa shape index (κ3) is 0.756. The molecule has 54 valence electrons. The van der Waals surface area contributed by atoms with E-state index in [1.807, 2.05) is 0 Å². The van der Waals surface area contributed by atoms with Crippen molar-refractivity contribution < 1.29 is 0 Å². The summed E-state index contributed by atoms with van der Waals surface area (Å²) in [6.45, 7) is 0. The van der Waals surface area contributed by atoms with Gasteiger partial charge >= 0.3 is 0 Å². The van der Waals surface area contributed by atoms with Gasteiger partial charge in [-0.3, -0.25) is 0 Å². The second-order valence-corrected chi connectivity index (χ2v) is 3.53. The van der Waals surface area contributed by atoms with Crippen molar-refractivity contribution in [2.75, 3.05) is 0 Å². The summed E-state index contributed by atoms with van der Waals surface area (Å²) in [6, 6.07) is 8.65. The molecule has 2 unspecified atom stereocenters. The van der Waals surface area contributed by atoms with E-state index in [0.717, 1.165) is 11.8 Å². The predicted octanol–water partition coefficient (Wildman–Crippen LogP) is 0.897. The summed E-state index contributed by atoms with van der Waals surface area (Å²) in [5.74, 6) is 1.76. The SMILES string of the molecule is C1=c2ccccc2=CC2CC12. The van der Waals surface area contributed by atoms with Crippen LogP contribution in [0.5, 0.6) is 0 Å². The number of benzene rings is 1. The quantitative estimate of drug-likeness (QED) is 0.505. The zero-order chi connectivity index (χ0) is 7.26. The molecule has 2 atom stereocenters. The molecule has 0 aliphatic heterocycles. The van der Waals surface area contributed by atoms with Gasteiger partial charge in [0.25, 0.3) is 0 Å². The van der Waals surface area contributed by atoms with E-state index in [4.69, 9.17) is 0 Å². The molecule has 0 aromatic heterocycles. The Kier molecular flexibility index (Phi) is 0.894. The van der Waals surface area contributed by atoms with Crippen molar-refractivity contribution >= 4 is 12.2 Å². The lowest BCUT2D eigenvalue weighted by atomic mass is 10.1. The fourth-order valence-electron chi connectivity index (χ4n) is 1.89. The minimum absolute atomic E-state index is 0.880. The van der Waals surface area contributed by atoms with Crippen LogP contribution in [0.25, 0.3) is 12.2 Å². The Hall–Kier alpha value is -1.04. The maximum absolute atomic E-state index is 2.42. The largest absolute Gasteiger partial charge is 0.0729 e. The zero-order valence-corrected chi connectivity index (χ0v) is 6.33. The molecular weight excluding hydrogens is 132 g/mol. The zero-order valence-electron chi connectivity index (χ0n) is 6.33. The molecule has 11 heavy (non-hydrogen) atoms. The Morgan fingerprint density at radius 3 is 2.00 bits per heavy atom. The van der Waals surface area contributed by atoms with E-state index >= 15 is 0 Å². The first kappa shape index (κ1) is 5.59. The molecule has 2 aliphatic carbocycles. The third-order valence-electron chi connectivity index (χ3n) is 2.67. The van der Waals surface area contributed by atoms with Crippen LogP contribution in [0.2, 0.25) is 0 Å². The van der Waals surface area contributed by atoms with Crippen molar-refractivity contribution in [3.05, 3.63) is 34.7 Å². The summed E-state index contributed by atoms with van der Waals surface area (Å²) >= 11 is 0. The molecule has 0 nitrogen and oxygen atoms in total. The maximum atomic E-state index is 2.42. The molecule has 1 aromatic carbocycles. The summed E-state index contributed by atoms with van der Waals surface area (Å²) in [4.78, 5) is 0. The van der Waals surface area contributed by atoms with Gasteiger partial charge in [0.1, 0.15) is 0 Å².